The van der Waals surface area contributed by atoms with E-state index >= 15 is 0 Å². The van der Waals surface area contributed by atoms with E-state index in [1.165, 1.54) is 6.07 Å². The zero-order valence-electron chi connectivity index (χ0n) is 46.8. The molecule has 5 nitrogen and oxygen atoms in total. The molecule has 1 aliphatic rings. The van der Waals surface area contributed by atoms with Crippen LogP contribution >= 0.6 is 0 Å². The van der Waals surface area contributed by atoms with Crippen LogP contribution in [0.25, 0.3) is 49.9 Å². The molecular weight excluding hydrogens is 745 g/mol. The zero-order valence-corrected chi connectivity index (χ0v) is 34.8. The summed E-state index contributed by atoms with van der Waals surface area (Å²) in [5.74, 6) is 1.22. The van der Waals surface area contributed by atoms with Crippen LogP contribution in [0, 0.1) is 0 Å². The van der Waals surface area contributed by atoms with Crippen molar-refractivity contribution in [3.63, 3.8) is 0 Å². The molecular formula is C56H50N4O. The van der Waals surface area contributed by atoms with Crippen molar-refractivity contribution < 1.29 is 21.2 Å². The molecule has 0 atom stereocenters. The highest BCUT2D eigenvalue weighted by molar-refractivity contribution is 6.09. The Hall–Kier alpha value is -7.11. The Kier molecular flexibility index (Phi) is 6.55. The van der Waals surface area contributed by atoms with Crippen LogP contribution in [0.2, 0.25) is 0 Å². The molecule has 0 saturated carbocycles. The number of benzene rings is 7. The molecule has 0 radical (unpaired) electrons. The highest BCUT2D eigenvalue weighted by atomic mass is 16.5. The largest absolute Gasteiger partial charge is 0.457 e. The summed E-state index contributed by atoms with van der Waals surface area (Å²) in [4.78, 5) is 8.52. The van der Waals surface area contributed by atoms with Crippen molar-refractivity contribution in [2.24, 2.45) is 0 Å². The zero-order chi connectivity index (χ0) is 52.3. The van der Waals surface area contributed by atoms with Crippen LogP contribution in [0.4, 0.5) is 22.7 Å². The normalized spacial score (nSPS) is 15.7. The molecule has 9 aromatic rings. The summed E-state index contributed by atoms with van der Waals surface area (Å²) >= 11 is 0. The molecule has 10 rings (SSSR count). The van der Waals surface area contributed by atoms with Gasteiger partial charge < -0.3 is 14.5 Å². The molecule has 0 saturated heterocycles. The number of aromatic nitrogens is 2. The first-order valence-electron chi connectivity index (χ1n) is 26.2. The van der Waals surface area contributed by atoms with E-state index in [0.29, 0.717) is 50.8 Å². The second kappa shape index (κ2) is 14.9. The maximum Gasteiger partial charge on any atom is 0.137 e. The first kappa shape index (κ1) is 26.9. The van der Waals surface area contributed by atoms with E-state index in [2.05, 4.69) is 4.98 Å². The van der Waals surface area contributed by atoms with Crippen LogP contribution < -0.4 is 14.5 Å². The smallest absolute Gasteiger partial charge is 0.137 e. The van der Waals surface area contributed by atoms with Crippen LogP contribution in [0.3, 0.4) is 0 Å². The number of ether oxygens (including phenoxy) is 1. The van der Waals surface area contributed by atoms with Gasteiger partial charge in [-0.1, -0.05) is 138 Å². The van der Waals surface area contributed by atoms with Crippen LogP contribution in [0.15, 0.2) is 182 Å². The fourth-order valence-corrected chi connectivity index (χ4v) is 8.06. The Morgan fingerprint density at radius 3 is 1.97 bits per heavy atom. The number of anilines is 4. The Morgan fingerprint density at radius 2 is 1.21 bits per heavy atom. The fraction of sp³-hybridized carbons (Fsp3) is 0.161. The highest BCUT2D eigenvalue weighted by Crippen LogP contribution is 2.51. The van der Waals surface area contributed by atoms with Gasteiger partial charge in [-0.2, -0.15) is 0 Å². The molecule has 0 aliphatic carbocycles. The lowest BCUT2D eigenvalue weighted by Gasteiger charge is -2.30. The van der Waals surface area contributed by atoms with E-state index in [-0.39, 0.29) is 71.6 Å². The number of fused-ring (bicyclic) bond motifs is 4. The minimum atomic E-state index is -0.601. The van der Waals surface area contributed by atoms with Gasteiger partial charge in [-0.25, -0.2) is 4.98 Å². The molecule has 0 fully saturated rings. The Bertz CT molecular complexity index is 3750. The van der Waals surface area contributed by atoms with Gasteiger partial charge in [0, 0.05) is 45.9 Å². The van der Waals surface area contributed by atoms with Crippen LogP contribution in [-0.2, 0) is 10.8 Å². The highest BCUT2D eigenvalue weighted by Gasteiger charge is 2.32. The summed E-state index contributed by atoms with van der Waals surface area (Å²) in [6.45, 7) is 11.8. The van der Waals surface area contributed by atoms with Crippen LogP contribution in [0.1, 0.15) is 69.1 Å². The van der Waals surface area contributed by atoms with Gasteiger partial charge in [-0.3, -0.25) is 4.57 Å². The average Bonchev–Trinajstić information content (AvgIpc) is 3.88. The van der Waals surface area contributed by atoms with Crippen molar-refractivity contribution in [2.75, 3.05) is 16.5 Å². The minimum Gasteiger partial charge on any atom is -0.457 e. The van der Waals surface area contributed by atoms with Gasteiger partial charge >= 0.3 is 0 Å². The summed E-state index contributed by atoms with van der Waals surface area (Å²) < 4.78 is 115. The van der Waals surface area contributed by atoms with Crippen molar-refractivity contribution in [3.8, 4) is 39.6 Å². The van der Waals surface area contributed by atoms with Crippen LogP contribution in [0.5, 0.6) is 11.5 Å². The first-order chi connectivity index (χ1) is 34.5. The average molecular weight is 807 g/mol. The molecule has 7 aromatic carbocycles. The predicted octanol–water partition coefficient (Wildman–Crippen LogP) is 15.1. The Labute approximate surface area is 376 Å². The molecule has 2 aromatic heterocycles. The van der Waals surface area contributed by atoms with Crippen molar-refractivity contribution in [2.45, 2.75) is 52.4 Å². The molecule has 0 bridgehead atoms. The molecule has 300 valence electrons. The van der Waals surface area contributed by atoms with Gasteiger partial charge in [0.15, 0.2) is 0 Å². The third-order valence-electron chi connectivity index (χ3n) is 11.1. The quantitative estimate of drug-likeness (QED) is 0.161. The molecule has 0 N–H and O–H groups in total. The van der Waals surface area contributed by atoms with Crippen molar-refractivity contribution >= 4 is 44.6 Å². The second-order valence-electron chi connectivity index (χ2n) is 17.3. The number of rotatable bonds is 7. The number of para-hydroxylation sites is 3. The van der Waals surface area contributed by atoms with Gasteiger partial charge in [0.05, 0.1) is 44.5 Å². The molecule has 5 heteroatoms. The molecule has 3 heterocycles. The third kappa shape index (κ3) is 7.00. The SMILES string of the molecule is [2H]c1cc([2H])c(-c2cc(C(C)(C)C)cc(-c3c([2H])c([2H])c([2H])c([2H])c3[2H])c2N2CN(c3cccc(Oc4ccc5c6ccccc6n(-c6nc([2H])c([2H])c(C(C)(C)C)c6[2H])c5c4)c3)c3ccccc32)c([2H])c1[2H]. The lowest BCUT2D eigenvalue weighted by Crippen LogP contribution is -2.25. The summed E-state index contributed by atoms with van der Waals surface area (Å²) in [7, 11) is 0. The lowest BCUT2D eigenvalue weighted by atomic mass is 9.82. The van der Waals surface area contributed by atoms with Crippen molar-refractivity contribution in [3.05, 3.63) is 193 Å². The maximum atomic E-state index is 9.35. The number of pyridine rings is 1. The second-order valence-corrected chi connectivity index (χ2v) is 17.3. The molecule has 1 aliphatic heterocycles. The minimum absolute atomic E-state index is 0.0603. The predicted molar refractivity (Wildman–Crippen MR) is 255 cm³/mol. The Morgan fingerprint density at radius 1 is 0.557 bits per heavy atom. The van der Waals surface area contributed by atoms with E-state index in [0.717, 1.165) is 22.0 Å². The summed E-state index contributed by atoms with van der Waals surface area (Å²) in [5, 5.41) is 1.80. The topological polar surface area (TPSA) is 33.5 Å². The summed E-state index contributed by atoms with van der Waals surface area (Å²) in [6.07, 6.45) is -0.219. The number of nitrogens with zero attached hydrogens (tertiary/aromatic N) is 4. The van der Waals surface area contributed by atoms with E-state index < -0.39 is 41.0 Å². The standard InChI is InChI=1S/C56H50N4O/c1-55(2,3)40-30-31-57-53(34-40)60-49-25-14-13-24-45(49)46-29-28-44(36-52(46)60)61-43-23-17-22-42(35-43)58-37-59(51-27-16-15-26-50(51)58)54-47(38-18-9-7-10-19-38)32-41(56(4,5)6)33-48(54)39-20-11-8-12-21-39/h7-36H,37H2,1-6H3/i7D,8D,9D,10D,11D,18D,19D,20D,21D,30D,31D,34D. The number of hydrogen-bond donors (Lipinski definition) is 0. The Balaban J connectivity index is 1.13. The third-order valence-corrected chi connectivity index (χ3v) is 11.1. The molecule has 0 unspecified atom stereocenters. The fourth-order valence-electron chi connectivity index (χ4n) is 8.06. The first-order valence-corrected chi connectivity index (χ1v) is 20.2. The van der Waals surface area contributed by atoms with E-state index in [4.69, 9.17) is 14.3 Å². The van der Waals surface area contributed by atoms with Gasteiger partial charge in [-0.15, -0.1) is 0 Å². The van der Waals surface area contributed by atoms with E-state index in [1.54, 1.807) is 0 Å². The van der Waals surface area contributed by atoms with Crippen LogP contribution in [-0.4, -0.2) is 16.2 Å². The van der Waals surface area contributed by atoms with Gasteiger partial charge in [0.1, 0.15) is 24.0 Å². The van der Waals surface area contributed by atoms with Gasteiger partial charge in [0.2, 0.25) is 0 Å². The number of hydrogen-bond acceptors (Lipinski definition) is 4. The lowest BCUT2D eigenvalue weighted by molar-refractivity contribution is 0.483. The van der Waals surface area contributed by atoms with E-state index in [1.807, 2.05) is 159 Å². The maximum absolute atomic E-state index is 9.35. The van der Waals surface area contributed by atoms with Crippen molar-refractivity contribution in [1.29, 1.82) is 0 Å². The van der Waals surface area contributed by atoms with Crippen molar-refractivity contribution in [1.82, 2.24) is 9.55 Å². The molecule has 0 spiro atoms. The monoisotopic (exact) mass is 806 g/mol. The van der Waals surface area contributed by atoms with Gasteiger partial charge in [0.25, 0.3) is 0 Å². The van der Waals surface area contributed by atoms with Gasteiger partial charge in [-0.05, 0) is 99.8 Å². The molecule has 61 heavy (non-hydrogen) atoms. The summed E-state index contributed by atoms with van der Waals surface area (Å²) in [6, 6.07) is 29.9. The summed E-state index contributed by atoms with van der Waals surface area (Å²) in [5.41, 5.74) is 4.53. The van der Waals surface area contributed by atoms with E-state index in [9.17, 15) is 6.85 Å². The molecule has 0 amide bonds.